The Morgan fingerprint density at radius 2 is 1.86 bits per heavy atom. The number of aliphatic carboxylic acids is 1. The lowest BCUT2D eigenvalue weighted by molar-refractivity contribution is -0.131. The molecule has 0 saturated carbocycles. The number of carboxylic acids is 1. The van der Waals surface area contributed by atoms with Gasteiger partial charge in [0.05, 0.1) is 0 Å². The van der Waals surface area contributed by atoms with Crippen molar-refractivity contribution in [1.29, 1.82) is 0 Å². The van der Waals surface area contributed by atoms with Crippen molar-refractivity contribution in [2.75, 3.05) is 5.32 Å². The van der Waals surface area contributed by atoms with E-state index >= 15 is 0 Å². The number of carboxylic acid groups (broad SMARTS) is 1. The SMILES string of the molecule is O=C(O)/C=C/c1cccc(NC(=O)c2cccc(F)c2)c1. The van der Waals surface area contributed by atoms with Crippen LogP contribution in [0.1, 0.15) is 15.9 Å². The van der Waals surface area contributed by atoms with Gasteiger partial charge in [0.25, 0.3) is 5.91 Å². The molecule has 5 heteroatoms. The zero-order valence-electron chi connectivity index (χ0n) is 10.9. The van der Waals surface area contributed by atoms with Crippen LogP contribution in [0.25, 0.3) is 6.08 Å². The second-order valence-electron chi connectivity index (χ2n) is 4.26. The molecule has 2 N–H and O–H groups in total. The lowest BCUT2D eigenvalue weighted by atomic mass is 10.1. The van der Waals surface area contributed by atoms with Crippen LogP contribution in [-0.4, -0.2) is 17.0 Å². The largest absolute Gasteiger partial charge is 0.478 e. The van der Waals surface area contributed by atoms with Crippen LogP contribution < -0.4 is 5.32 Å². The minimum atomic E-state index is -1.05. The Balaban J connectivity index is 2.14. The highest BCUT2D eigenvalue weighted by Crippen LogP contribution is 2.14. The topological polar surface area (TPSA) is 66.4 Å². The van der Waals surface area contributed by atoms with E-state index in [4.69, 9.17) is 5.11 Å². The van der Waals surface area contributed by atoms with Gasteiger partial charge < -0.3 is 10.4 Å². The predicted molar refractivity (Wildman–Crippen MR) is 77.5 cm³/mol. The maximum absolute atomic E-state index is 13.1. The van der Waals surface area contributed by atoms with Crippen LogP contribution >= 0.6 is 0 Å². The quantitative estimate of drug-likeness (QED) is 0.848. The van der Waals surface area contributed by atoms with Crippen molar-refractivity contribution in [3.05, 3.63) is 71.6 Å². The Kier molecular flexibility index (Phi) is 4.46. The number of carbonyl (C=O) groups is 2. The summed E-state index contributed by atoms with van der Waals surface area (Å²) < 4.78 is 13.1. The van der Waals surface area contributed by atoms with Gasteiger partial charge in [-0.25, -0.2) is 9.18 Å². The fourth-order valence-corrected chi connectivity index (χ4v) is 1.72. The molecule has 2 rings (SSSR count). The third-order valence-corrected chi connectivity index (χ3v) is 2.65. The lowest BCUT2D eigenvalue weighted by Gasteiger charge is -2.06. The Morgan fingerprint density at radius 1 is 1.10 bits per heavy atom. The highest BCUT2D eigenvalue weighted by Gasteiger charge is 2.06. The molecule has 4 nitrogen and oxygen atoms in total. The molecule has 0 radical (unpaired) electrons. The maximum atomic E-state index is 13.1. The monoisotopic (exact) mass is 285 g/mol. The minimum absolute atomic E-state index is 0.210. The van der Waals surface area contributed by atoms with Crippen molar-refractivity contribution in [1.82, 2.24) is 0 Å². The molecule has 0 aromatic heterocycles. The number of carbonyl (C=O) groups excluding carboxylic acids is 1. The smallest absolute Gasteiger partial charge is 0.328 e. The van der Waals surface area contributed by atoms with Crippen molar-refractivity contribution in [2.24, 2.45) is 0 Å². The molecular weight excluding hydrogens is 273 g/mol. The summed E-state index contributed by atoms with van der Waals surface area (Å²) >= 11 is 0. The molecule has 1 amide bonds. The molecule has 2 aromatic carbocycles. The van der Waals surface area contributed by atoms with Crippen LogP contribution in [-0.2, 0) is 4.79 Å². The van der Waals surface area contributed by atoms with Crippen LogP contribution in [0.15, 0.2) is 54.6 Å². The van der Waals surface area contributed by atoms with E-state index in [-0.39, 0.29) is 5.56 Å². The van der Waals surface area contributed by atoms with Crippen LogP contribution in [0.4, 0.5) is 10.1 Å². The van der Waals surface area contributed by atoms with E-state index in [1.165, 1.54) is 24.3 Å². The molecule has 0 aliphatic heterocycles. The van der Waals surface area contributed by atoms with Crippen molar-refractivity contribution in [2.45, 2.75) is 0 Å². The Labute approximate surface area is 120 Å². The summed E-state index contributed by atoms with van der Waals surface area (Å²) in [4.78, 5) is 22.4. The van der Waals surface area contributed by atoms with E-state index < -0.39 is 17.7 Å². The molecule has 2 aromatic rings. The molecule has 21 heavy (non-hydrogen) atoms. The van der Waals surface area contributed by atoms with Gasteiger partial charge in [-0.1, -0.05) is 18.2 Å². The third kappa shape index (κ3) is 4.28. The molecule has 0 aliphatic rings. The van der Waals surface area contributed by atoms with E-state index in [2.05, 4.69) is 5.32 Å². The standard InChI is InChI=1S/C16H12FNO3/c17-13-5-2-4-12(10-13)16(21)18-14-6-1-3-11(9-14)7-8-15(19)20/h1-10H,(H,18,21)(H,19,20)/b8-7+. The number of amides is 1. The summed E-state index contributed by atoms with van der Waals surface area (Å²) in [6.07, 6.45) is 2.42. The van der Waals surface area contributed by atoms with E-state index in [0.29, 0.717) is 11.3 Å². The number of nitrogens with one attached hydrogen (secondary N) is 1. The van der Waals surface area contributed by atoms with Gasteiger partial charge in [0.15, 0.2) is 0 Å². The van der Waals surface area contributed by atoms with Gasteiger partial charge in [0, 0.05) is 17.3 Å². The van der Waals surface area contributed by atoms with Crippen LogP contribution in [0.5, 0.6) is 0 Å². The first-order valence-corrected chi connectivity index (χ1v) is 6.12. The predicted octanol–water partition coefficient (Wildman–Crippen LogP) is 3.18. The number of benzene rings is 2. The van der Waals surface area contributed by atoms with Gasteiger partial charge in [0.1, 0.15) is 5.82 Å². The first kappa shape index (κ1) is 14.5. The van der Waals surface area contributed by atoms with Gasteiger partial charge in [-0.2, -0.15) is 0 Å². The molecule has 0 bridgehead atoms. The van der Waals surface area contributed by atoms with Crippen molar-refractivity contribution in [3.63, 3.8) is 0 Å². The lowest BCUT2D eigenvalue weighted by Crippen LogP contribution is -2.12. The fraction of sp³-hybridized carbons (Fsp3) is 0. The zero-order valence-corrected chi connectivity index (χ0v) is 10.9. The van der Waals surface area contributed by atoms with Gasteiger partial charge in [0.2, 0.25) is 0 Å². The summed E-state index contributed by atoms with van der Waals surface area (Å²) in [5.74, 6) is -1.97. The summed E-state index contributed by atoms with van der Waals surface area (Å²) in [7, 11) is 0. The summed E-state index contributed by atoms with van der Waals surface area (Å²) in [6.45, 7) is 0. The maximum Gasteiger partial charge on any atom is 0.328 e. The van der Waals surface area contributed by atoms with Crippen LogP contribution in [0, 0.1) is 5.82 Å². The number of rotatable bonds is 4. The Hall–Kier alpha value is -2.95. The van der Waals surface area contributed by atoms with Crippen LogP contribution in [0.2, 0.25) is 0 Å². The molecular formula is C16H12FNO3. The summed E-state index contributed by atoms with van der Waals surface area (Å²) in [5, 5.41) is 11.2. The Morgan fingerprint density at radius 3 is 2.57 bits per heavy atom. The first-order valence-electron chi connectivity index (χ1n) is 6.12. The molecule has 0 saturated heterocycles. The van der Waals surface area contributed by atoms with Gasteiger partial charge >= 0.3 is 5.97 Å². The van der Waals surface area contributed by atoms with Gasteiger partial charge in [-0.05, 0) is 42.0 Å². The summed E-state index contributed by atoms with van der Waals surface area (Å²) in [5.41, 5.74) is 1.34. The third-order valence-electron chi connectivity index (χ3n) is 2.65. The Bertz CT molecular complexity index is 710. The number of anilines is 1. The van der Waals surface area contributed by atoms with Crippen molar-refractivity contribution >= 4 is 23.6 Å². The van der Waals surface area contributed by atoms with E-state index in [9.17, 15) is 14.0 Å². The molecule has 0 aliphatic carbocycles. The summed E-state index contributed by atoms with van der Waals surface area (Å²) in [6, 6.07) is 12.0. The average Bonchev–Trinajstić information content (AvgIpc) is 2.45. The van der Waals surface area contributed by atoms with E-state index in [1.54, 1.807) is 24.3 Å². The molecule has 0 fully saturated rings. The number of hydrogen-bond donors (Lipinski definition) is 2. The molecule has 0 atom stereocenters. The van der Waals surface area contributed by atoms with Gasteiger partial charge in [-0.3, -0.25) is 4.79 Å². The highest BCUT2D eigenvalue weighted by molar-refractivity contribution is 6.04. The molecule has 0 heterocycles. The molecule has 0 spiro atoms. The highest BCUT2D eigenvalue weighted by atomic mass is 19.1. The molecule has 0 unspecified atom stereocenters. The number of hydrogen-bond acceptors (Lipinski definition) is 2. The average molecular weight is 285 g/mol. The van der Waals surface area contributed by atoms with E-state index in [1.807, 2.05) is 0 Å². The number of halogens is 1. The van der Waals surface area contributed by atoms with Crippen molar-refractivity contribution in [3.8, 4) is 0 Å². The first-order chi connectivity index (χ1) is 10.0. The second kappa shape index (κ2) is 6.47. The van der Waals surface area contributed by atoms with Crippen LogP contribution in [0.3, 0.4) is 0 Å². The normalized spacial score (nSPS) is 10.5. The van der Waals surface area contributed by atoms with Crippen molar-refractivity contribution < 1.29 is 19.1 Å². The second-order valence-corrected chi connectivity index (χ2v) is 4.26. The van der Waals surface area contributed by atoms with Gasteiger partial charge in [-0.15, -0.1) is 0 Å². The minimum Gasteiger partial charge on any atom is -0.478 e. The zero-order chi connectivity index (χ0) is 15.2. The van der Waals surface area contributed by atoms with E-state index in [0.717, 1.165) is 12.1 Å². The molecule has 106 valence electrons. The fourth-order valence-electron chi connectivity index (χ4n) is 1.72.